The van der Waals surface area contributed by atoms with Gasteiger partial charge in [0.15, 0.2) is 17.3 Å². The standard InChI is InChI=1S/C17H23ClN4O2S/c1-5-7-15-20-21-17(25)22(15)19-10-12-8-13(18)16(24-11(3)4)14(9-12)23-6-2/h8-11H,5-7H2,1-4H3,(H,21,25)/b19-10-. The van der Waals surface area contributed by atoms with Crippen LogP contribution in [0.3, 0.4) is 0 Å². The highest BCUT2D eigenvalue weighted by molar-refractivity contribution is 7.71. The fourth-order valence-electron chi connectivity index (χ4n) is 2.23. The zero-order chi connectivity index (χ0) is 18.4. The topological polar surface area (TPSA) is 64.4 Å². The Labute approximate surface area is 157 Å². The molecule has 0 saturated carbocycles. The lowest BCUT2D eigenvalue weighted by Crippen LogP contribution is -2.08. The Bertz CT molecular complexity index is 798. The van der Waals surface area contributed by atoms with Crippen LogP contribution in [0.4, 0.5) is 0 Å². The molecule has 0 aliphatic rings. The van der Waals surface area contributed by atoms with Crippen molar-refractivity contribution >= 4 is 30.0 Å². The van der Waals surface area contributed by atoms with Gasteiger partial charge in [0.2, 0.25) is 4.77 Å². The maximum Gasteiger partial charge on any atom is 0.216 e. The lowest BCUT2D eigenvalue weighted by atomic mass is 10.2. The van der Waals surface area contributed by atoms with E-state index in [4.69, 9.17) is 33.3 Å². The van der Waals surface area contributed by atoms with Gasteiger partial charge in [0.05, 0.1) is 23.9 Å². The smallest absolute Gasteiger partial charge is 0.216 e. The number of aromatic amines is 1. The predicted octanol–water partition coefficient (Wildman–Crippen LogP) is 4.61. The molecule has 6 nitrogen and oxygen atoms in total. The number of halogens is 1. The van der Waals surface area contributed by atoms with E-state index < -0.39 is 0 Å². The van der Waals surface area contributed by atoms with Crippen LogP contribution in [0.2, 0.25) is 5.02 Å². The number of hydrogen-bond donors (Lipinski definition) is 1. The number of rotatable bonds is 8. The van der Waals surface area contributed by atoms with E-state index in [-0.39, 0.29) is 6.10 Å². The SMILES string of the molecule is CCCc1n[nH]c(=S)n1/N=C\c1cc(Cl)c(OC(C)C)c(OCC)c1. The van der Waals surface area contributed by atoms with Gasteiger partial charge < -0.3 is 9.47 Å². The molecule has 2 rings (SSSR count). The minimum absolute atomic E-state index is 0.00270. The van der Waals surface area contributed by atoms with Gasteiger partial charge in [0.25, 0.3) is 0 Å². The first-order valence-electron chi connectivity index (χ1n) is 8.29. The van der Waals surface area contributed by atoms with Crippen LogP contribution in [-0.4, -0.2) is 33.8 Å². The summed E-state index contributed by atoms with van der Waals surface area (Å²) < 4.78 is 13.5. The summed E-state index contributed by atoms with van der Waals surface area (Å²) >= 11 is 11.6. The summed E-state index contributed by atoms with van der Waals surface area (Å²) in [5.41, 5.74) is 0.787. The zero-order valence-corrected chi connectivity index (χ0v) is 16.4. The molecule has 8 heteroatoms. The van der Waals surface area contributed by atoms with Crippen molar-refractivity contribution in [2.45, 2.75) is 46.6 Å². The molecule has 0 atom stereocenters. The van der Waals surface area contributed by atoms with Crippen molar-refractivity contribution in [1.29, 1.82) is 0 Å². The van der Waals surface area contributed by atoms with Crippen molar-refractivity contribution in [3.05, 3.63) is 33.3 Å². The number of H-pyrrole nitrogens is 1. The van der Waals surface area contributed by atoms with Crippen molar-refractivity contribution in [1.82, 2.24) is 14.9 Å². The lowest BCUT2D eigenvalue weighted by Gasteiger charge is -2.16. The van der Waals surface area contributed by atoms with Crippen LogP contribution < -0.4 is 9.47 Å². The highest BCUT2D eigenvalue weighted by atomic mass is 35.5. The number of aryl methyl sites for hydroxylation is 1. The molecule has 0 aliphatic carbocycles. The molecule has 25 heavy (non-hydrogen) atoms. The summed E-state index contributed by atoms with van der Waals surface area (Å²) in [6.45, 7) is 8.39. The highest BCUT2D eigenvalue weighted by Crippen LogP contribution is 2.37. The molecule has 1 aromatic carbocycles. The predicted molar refractivity (Wildman–Crippen MR) is 103 cm³/mol. The first-order valence-corrected chi connectivity index (χ1v) is 9.08. The Kier molecular flexibility index (Phi) is 7.01. The van der Waals surface area contributed by atoms with Crippen LogP contribution >= 0.6 is 23.8 Å². The van der Waals surface area contributed by atoms with Gasteiger partial charge in [-0.3, -0.25) is 5.10 Å². The summed E-state index contributed by atoms with van der Waals surface area (Å²) in [5, 5.41) is 11.9. The van der Waals surface area contributed by atoms with Crippen LogP contribution in [0.5, 0.6) is 11.5 Å². The van der Waals surface area contributed by atoms with Crippen LogP contribution in [0.25, 0.3) is 0 Å². The molecule has 1 aromatic heterocycles. The zero-order valence-electron chi connectivity index (χ0n) is 14.9. The van der Waals surface area contributed by atoms with E-state index in [1.165, 1.54) is 0 Å². The third kappa shape index (κ3) is 5.06. The van der Waals surface area contributed by atoms with Crippen LogP contribution in [0.15, 0.2) is 17.2 Å². The van der Waals surface area contributed by atoms with Gasteiger partial charge in [0.1, 0.15) is 0 Å². The van der Waals surface area contributed by atoms with Crippen molar-refractivity contribution in [3.8, 4) is 11.5 Å². The fourth-order valence-corrected chi connectivity index (χ4v) is 2.69. The van der Waals surface area contributed by atoms with Crippen molar-refractivity contribution in [2.75, 3.05) is 6.61 Å². The minimum Gasteiger partial charge on any atom is -0.490 e. The maximum absolute atomic E-state index is 6.37. The number of nitrogens with one attached hydrogen (secondary N) is 1. The van der Waals surface area contributed by atoms with Gasteiger partial charge >= 0.3 is 0 Å². The van der Waals surface area contributed by atoms with Gasteiger partial charge in [-0.05, 0) is 57.1 Å². The van der Waals surface area contributed by atoms with Crippen LogP contribution in [-0.2, 0) is 6.42 Å². The van der Waals surface area contributed by atoms with E-state index in [1.54, 1.807) is 17.0 Å². The van der Waals surface area contributed by atoms with Crippen molar-refractivity contribution in [2.24, 2.45) is 5.10 Å². The molecule has 0 fully saturated rings. The van der Waals surface area contributed by atoms with E-state index in [9.17, 15) is 0 Å². The largest absolute Gasteiger partial charge is 0.490 e. The number of hydrogen-bond acceptors (Lipinski definition) is 5. The Morgan fingerprint density at radius 3 is 2.80 bits per heavy atom. The van der Waals surface area contributed by atoms with Gasteiger partial charge in [-0.25, -0.2) is 0 Å². The normalized spacial score (nSPS) is 11.4. The molecule has 0 amide bonds. The highest BCUT2D eigenvalue weighted by Gasteiger charge is 2.13. The summed E-state index contributed by atoms with van der Waals surface area (Å²) in [6.07, 6.45) is 3.42. The lowest BCUT2D eigenvalue weighted by molar-refractivity contribution is 0.224. The molecule has 0 aliphatic heterocycles. The molecule has 0 spiro atoms. The van der Waals surface area contributed by atoms with Gasteiger partial charge in [0, 0.05) is 6.42 Å². The quantitative estimate of drug-likeness (QED) is 0.534. The maximum atomic E-state index is 6.37. The molecule has 2 aromatic rings. The van der Waals surface area contributed by atoms with Gasteiger partial charge in [-0.15, -0.1) is 0 Å². The molecule has 136 valence electrons. The molecule has 0 unspecified atom stereocenters. The second kappa shape index (κ2) is 9.01. The summed E-state index contributed by atoms with van der Waals surface area (Å²) in [5.74, 6) is 1.93. The number of benzene rings is 1. The van der Waals surface area contributed by atoms with Gasteiger partial charge in [-0.1, -0.05) is 18.5 Å². The van der Waals surface area contributed by atoms with E-state index in [0.29, 0.717) is 27.9 Å². The van der Waals surface area contributed by atoms with E-state index in [2.05, 4.69) is 22.2 Å². The van der Waals surface area contributed by atoms with E-state index in [1.807, 2.05) is 26.8 Å². The number of ether oxygens (including phenoxy) is 2. The molecular formula is C17H23ClN4O2S. The second-order valence-corrected chi connectivity index (χ2v) is 6.47. The third-order valence-electron chi connectivity index (χ3n) is 3.20. The molecular weight excluding hydrogens is 360 g/mol. The number of aromatic nitrogens is 3. The molecule has 1 heterocycles. The Hall–Kier alpha value is -1.86. The van der Waals surface area contributed by atoms with Crippen molar-refractivity contribution < 1.29 is 9.47 Å². The van der Waals surface area contributed by atoms with E-state index >= 15 is 0 Å². The molecule has 0 radical (unpaired) electrons. The Balaban J connectivity index is 2.37. The fraction of sp³-hybridized carbons (Fsp3) is 0.471. The second-order valence-electron chi connectivity index (χ2n) is 5.68. The molecule has 0 saturated heterocycles. The number of nitrogens with zero attached hydrogens (tertiary/aromatic N) is 3. The monoisotopic (exact) mass is 382 g/mol. The Morgan fingerprint density at radius 1 is 1.40 bits per heavy atom. The molecule has 0 bridgehead atoms. The average molecular weight is 383 g/mol. The van der Waals surface area contributed by atoms with Crippen molar-refractivity contribution in [3.63, 3.8) is 0 Å². The third-order valence-corrected chi connectivity index (χ3v) is 3.74. The van der Waals surface area contributed by atoms with Gasteiger partial charge in [-0.2, -0.15) is 14.9 Å². The summed E-state index contributed by atoms with van der Waals surface area (Å²) in [7, 11) is 0. The summed E-state index contributed by atoms with van der Waals surface area (Å²) in [6, 6.07) is 3.63. The van der Waals surface area contributed by atoms with Crippen LogP contribution in [0.1, 0.15) is 45.5 Å². The molecule has 1 N–H and O–H groups in total. The average Bonchev–Trinajstić information content (AvgIpc) is 2.89. The van der Waals surface area contributed by atoms with E-state index in [0.717, 1.165) is 24.2 Å². The Morgan fingerprint density at radius 2 is 2.16 bits per heavy atom. The van der Waals surface area contributed by atoms with Crippen LogP contribution in [0, 0.1) is 4.77 Å². The minimum atomic E-state index is -0.00270. The first kappa shape index (κ1) is 19.5. The summed E-state index contributed by atoms with van der Waals surface area (Å²) in [4.78, 5) is 0. The first-order chi connectivity index (χ1) is 12.0.